The van der Waals surface area contributed by atoms with Gasteiger partial charge in [0.05, 0.1) is 11.0 Å². The fourth-order valence-electron chi connectivity index (χ4n) is 5.78. The average Bonchev–Trinajstić information content (AvgIpc) is 3.22. The van der Waals surface area contributed by atoms with E-state index in [0.29, 0.717) is 23.8 Å². The molecule has 4 nitrogen and oxygen atoms in total. The molecule has 2 aromatic rings. The van der Waals surface area contributed by atoms with E-state index in [0.717, 1.165) is 11.6 Å². The Balaban J connectivity index is 1.64. The van der Waals surface area contributed by atoms with E-state index in [9.17, 15) is 10.1 Å². The van der Waals surface area contributed by atoms with E-state index < -0.39 is 0 Å². The van der Waals surface area contributed by atoms with Crippen LogP contribution in [0.15, 0.2) is 42.5 Å². The highest BCUT2D eigenvalue weighted by molar-refractivity contribution is 5.62. The number of nitrogens with zero attached hydrogens (tertiary/aromatic N) is 1. The molecule has 0 saturated heterocycles. The Labute approximate surface area is 147 Å². The molecule has 2 aromatic carbocycles. The van der Waals surface area contributed by atoms with Crippen LogP contribution in [-0.4, -0.2) is 4.92 Å². The summed E-state index contributed by atoms with van der Waals surface area (Å²) in [6, 6.07) is 14.5. The van der Waals surface area contributed by atoms with Crippen LogP contribution < -0.4 is 5.32 Å². The van der Waals surface area contributed by atoms with E-state index in [1.54, 1.807) is 6.07 Å². The normalized spacial score (nSPS) is 32.0. The van der Waals surface area contributed by atoms with Crippen LogP contribution in [0.5, 0.6) is 0 Å². The Bertz CT molecular complexity index is 863. The van der Waals surface area contributed by atoms with Crippen molar-refractivity contribution in [2.24, 2.45) is 17.8 Å². The van der Waals surface area contributed by atoms with Crippen molar-refractivity contribution < 1.29 is 4.92 Å². The topological polar surface area (TPSA) is 55.2 Å². The van der Waals surface area contributed by atoms with Crippen LogP contribution in [0.4, 0.5) is 11.4 Å². The number of hydrogen-bond acceptors (Lipinski definition) is 3. The fourth-order valence-corrected chi connectivity index (χ4v) is 5.78. The van der Waals surface area contributed by atoms with Gasteiger partial charge in [-0.1, -0.05) is 29.8 Å². The first-order valence-corrected chi connectivity index (χ1v) is 9.23. The molecule has 2 aliphatic carbocycles. The summed E-state index contributed by atoms with van der Waals surface area (Å²) in [7, 11) is 0. The molecule has 5 atom stereocenters. The Morgan fingerprint density at radius 1 is 1.12 bits per heavy atom. The minimum Gasteiger partial charge on any atom is -0.378 e. The third-order valence-electron chi connectivity index (χ3n) is 6.68. The van der Waals surface area contributed by atoms with E-state index >= 15 is 0 Å². The van der Waals surface area contributed by atoms with Crippen LogP contribution in [0.3, 0.4) is 0 Å². The number of hydrogen-bond donors (Lipinski definition) is 1. The fraction of sp³-hybridized carbons (Fsp3) is 0.429. The molecule has 1 heterocycles. The van der Waals surface area contributed by atoms with Crippen molar-refractivity contribution in [1.29, 1.82) is 0 Å². The van der Waals surface area contributed by atoms with Gasteiger partial charge in [-0.2, -0.15) is 0 Å². The summed E-state index contributed by atoms with van der Waals surface area (Å²) < 4.78 is 0. The quantitative estimate of drug-likeness (QED) is 0.606. The summed E-state index contributed by atoms with van der Waals surface area (Å²) in [5, 5.41) is 15.0. The van der Waals surface area contributed by atoms with Gasteiger partial charge in [-0.25, -0.2) is 0 Å². The SMILES string of the molecule is Cc1cccc([C@@H]2Nc3ccc([N+](=O)[O-])cc3[C@H]3[C@@H]4CC[C@@H](C4)[C@@H]32)c1. The standard InChI is InChI=1S/C21H22N2O2/c1-12-3-2-4-15(9-12)21-20-14-6-5-13(10-14)19(20)17-11-16(23(24)25)7-8-18(17)22-21/h2-4,7-9,11,13-14,19-22H,5-6,10H2,1H3/t13-,14+,19-,20+,21+/m1/s1. The number of anilines is 1. The Hall–Kier alpha value is -2.36. The molecular formula is C21H22N2O2. The predicted octanol–water partition coefficient (Wildman–Crippen LogP) is 5.20. The monoisotopic (exact) mass is 334 g/mol. The number of benzene rings is 2. The lowest BCUT2D eigenvalue weighted by Crippen LogP contribution is -2.35. The number of nitro groups is 1. The summed E-state index contributed by atoms with van der Waals surface area (Å²) in [6.45, 7) is 2.14. The zero-order valence-corrected chi connectivity index (χ0v) is 14.3. The molecular weight excluding hydrogens is 312 g/mol. The molecule has 0 unspecified atom stereocenters. The van der Waals surface area contributed by atoms with Gasteiger partial charge in [0, 0.05) is 17.8 Å². The first kappa shape index (κ1) is 14.9. The van der Waals surface area contributed by atoms with Crippen molar-refractivity contribution >= 4 is 11.4 Å². The number of non-ortho nitro benzene ring substituents is 1. The largest absolute Gasteiger partial charge is 0.378 e. The molecule has 1 N–H and O–H groups in total. The Kier molecular flexibility index (Phi) is 3.18. The molecule has 0 aromatic heterocycles. The lowest BCUT2D eigenvalue weighted by atomic mass is 9.68. The Morgan fingerprint density at radius 2 is 1.96 bits per heavy atom. The lowest BCUT2D eigenvalue weighted by molar-refractivity contribution is -0.384. The molecule has 0 amide bonds. The zero-order chi connectivity index (χ0) is 17.1. The molecule has 0 radical (unpaired) electrons. The lowest BCUT2D eigenvalue weighted by Gasteiger charge is -2.43. The van der Waals surface area contributed by atoms with Gasteiger partial charge in [-0.3, -0.25) is 10.1 Å². The molecule has 5 rings (SSSR count). The van der Waals surface area contributed by atoms with Crippen LogP contribution in [0.2, 0.25) is 0 Å². The molecule has 0 spiro atoms. The second kappa shape index (κ2) is 5.32. The predicted molar refractivity (Wildman–Crippen MR) is 97.7 cm³/mol. The van der Waals surface area contributed by atoms with E-state index in [-0.39, 0.29) is 10.6 Å². The van der Waals surface area contributed by atoms with Gasteiger partial charge in [0.25, 0.3) is 5.69 Å². The summed E-state index contributed by atoms with van der Waals surface area (Å²) in [6.07, 6.45) is 3.86. The van der Waals surface area contributed by atoms with Gasteiger partial charge >= 0.3 is 0 Å². The van der Waals surface area contributed by atoms with Crippen molar-refractivity contribution in [2.45, 2.75) is 38.1 Å². The molecule has 4 heteroatoms. The summed E-state index contributed by atoms with van der Waals surface area (Å²) in [4.78, 5) is 11.0. The van der Waals surface area contributed by atoms with Crippen LogP contribution in [-0.2, 0) is 0 Å². The smallest absolute Gasteiger partial charge is 0.269 e. The number of nitro benzene ring substituents is 1. The molecule has 2 bridgehead atoms. The van der Waals surface area contributed by atoms with Gasteiger partial charge < -0.3 is 5.32 Å². The minimum atomic E-state index is -0.269. The van der Waals surface area contributed by atoms with Gasteiger partial charge in [-0.15, -0.1) is 0 Å². The maximum Gasteiger partial charge on any atom is 0.269 e. The van der Waals surface area contributed by atoms with Crippen LogP contribution in [0.25, 0.3) is 0 Å². The van der Waals surface area contributed by atoms with E-state index in [1.807, 2.05) is 12.1 Å². The highest BCUT2D eigenvalue weighted by Gasteiger charge is 2.54. The van der Waals surface area contributed by atoms with Gasteiger partial charge in [0.1, 0.15) is 0 Å². The maximum absolute atomic E-state index is 11.2. The summed E-state index contributed by atoms with van der Waals surface area (Å²) in [5.41, 5.74) is 5.12. The number of fused-ring (bicyclic) bond motifs is 7. The van der Waals surface area contributed by atoms with Crippen LogP contribution in [0.1, 0.15) is 47.9 Å². The van der Waals surface area contributed by atoms with Crippen molar-refractivity contribution in [3.8, 4) is 0 Å². The third-order valence-corrected chi connectivity index (χ3v) is 6.68. The van der Waals surface area contributed by atoms with Crippen molar-refractivity contribution in [2.75, 3.05) is 5.32 Å². The number of aryl methyl sites for hydroxylation is 1. The van der Waals surface area contributed by atoms with Crippen LogP contribution >= 0.6 is 0 Å². The van der Waals surface area contributed by atoms with Crippen molar-refractivity contribution in [3.05, 3.63) is 69.3 Å². The highest BCUT2D eigenvalue weighted by Crippen LogP contribution is 2.63. The maximum atomic E-state index is 11.2. The van der Waals surface area contributed by atoms with E-state index in [2.05, 4.69) is 36.5 Å². The first-order valence-electron chi connectivity index (χ1n) is 9.23. The zero-order valence-electron chi connectivity index (χ0n) is 14.3. The summed E-state index contributed by atoms with van der Waals surface area (Å²) in [5.74, 6) is 2.43. The Morgan fingerprint density at radius 3 is 2.76 bits per heavy atom. The molecule has 25 heavy (non-hydrogen) atoms. The van der Waals surface area contributed by atoms with Gasteiger partial charge in [0.15, 0.2) is 0 Å². The minimum absolute atomic E-state index is 0.219. The number of rotatable bonds is 2. The molecule has 1 aliphatic heterocycles. The molecule has 128 valence electrons. The van der Waals surface area contributed by atoms with Gasteiger partial charge in [-0.05, 0) is 67.1 Å². The van der Waals surface area contributed by atoms with E-state index in [1.165, 1.54) is 36.0 Å². The second-order valence-corrected chi connectivity index (χ2v) is 8.00. The summed E-state index contributed by atoms with van der Waals surface area (Å²) >= 11 is 0. The second-order valence-electron chi connectivity index (χ2n) is 8.00. The van der Waals surface area contributed by atoms with E-state index in [4.69, 9.17) is 0 Å². The van der Waals surface area contributed by atoms with Crippen molar-refractivity contribution in [3.63, 3.8) is 0 Å². The molecule has 2 fully saturated rings. The third kappa shape index (κ3) is 2.20. The van der Waals surface area contributed by atoms with Crippen LogP contribution in [0, 0.1) is 34.8 Å². The average molecular weight is 334 g/mol. The number of nitrogens with one attached hydrogen (secondary N) is 1. The first-order chi connectivity index (χ1) is 12.1. The molecule has 2 saturated carbocycles. The van der Waals surface area contributed by atoms with Gasteiger partial charge in [0.2, 0.25) is 0 Å². The van der Waals surface area contributed by atoms with Crippen molar-refractivity contribution in [1.82, 2.24) is 0 Å². The molecule has 3 aliphatic rings. The highest BCUT2D eigenvalue weighted by atomic mass is 16.6.